The lowest BCUT2D eigenvalue weighted by atomic mass is 9.68. The molecule has 3 aromatic rings. The highest BCUT2D eigenvalue weighted by molar-refractivity contribution is 6.22. The molecule has 0 aromatic heterocycles. The van der Waals surface area contributed by atoms with Crippen LogP contribution in [0.15, 0.2) is 89.5 Å². The van der Waals surface area contributed by atoms with E-state index >= 15 is 0 Å². The molecule has 8 heteroatoms. The average Bonchev–Trinajstić information content (AvgIpc) is 3.26. The SMILES string of the molecule is CCC/C(=C\c1ccc(O)c(F)c1)CC[C@@H](O)C1=C(C)C[C@H]2C(=O)N(c3ccc(Nc4ccccc4)cc3)C(=O)[C@H]2[C@H]1CO. The monoisotopic (exact) mass is 598 g/mol. The number of nitrogens with zero attached hydrogens (tertiary/aromatic N) is 1. The summed E-state index contributed by atoms with van der Waals surface area (Å²) in [5, 5.41) is 34.7. The van der Waals surface area contributed by atoms with Gasteiger partial charge in [-0.15, -0.1) is 0 Å². The van der Waals surface area contributed by atoms with Crippen LogP contribution in [0.25, 0.3) is 6.08 Å². The maximum absolute atomic E-state index is 13.9. The third kappa shape index (κ3) is 6.47. The third-order valence-electron chi connectivity index (χ3n) is 8.72. The number of phenolic OH excluding ortho intramolecular Hbond substituents is 1. The molecule has 0 unspecified atom stereocenters. The number of benzene rings is 3. The number of amides is 2. The summed E-state index contributed by atoms with van der Waals surface area (Å²) >= 11 is 0. The number of halogens is 1. The quantitative estimate of drug-likeness (QED) is 0.144. The van der Waals surface area contributed by atoms with Crippen molar-refractivity contribution in [2.45, 2.75) is 52.1 Å². The van der Waals surface area contributed by atoms with Crippen LogP contribution < -0.4 is 10.2 Å². The first-order valence-corrected chi connectivity index (χ1v) is 15.2. The number of carbonyl (C=O) groups excluding carboxylic acids is 2. The maximum atomic E-state index is 13.9. The molecule has 0 radical (unpaired) electrons. The van der Waals surface area contributed by atoms with Crippen LogP contribution in [0.3, 0.4) is 0 Å². The molecule has 7 nitrogen and oxygen atoms in total. The molecule has 3 aromatic carbocycles. The van der Waals surface area contributed by atoms with Gasteiger partial charge in [-0.3, -0.25) is 14.5 Å². The van der Waals surface area contributed by atoms with Crippen molar-refractivity contribution in [3.63, 3.8) is 0 Å². The van der Waals surface area contributed by atoms with Crippen LogP contribution in [-0.2, 0) is 9.59 Å². The van der Waals surface area contributed by atoms with Gasteiger partial charge in [0.25, 0.3) is 0 Å². The zero-order valence-electron chi connectivity index (χ0n) is 25.0. The molecule has 1 aliphatic carbocycles. The van der Waals surface area contributed by atoms with Crippen LogP contribution in [0.1, 0.15) is 51.5 Å². The summed E-state index contributed by atoms with van der Waals surface area (Å²) in [6, 6.07) is 21.0. The molecule has 2 aliphatic rings. The number of aromatic hydroxyl groups is 1. The van der Waals surface area contributed by atoms with E-state index in [9.17, 15) is 29.3 Å². The first-order valence-electron chi connectivity index (χ1n) is 15.2. The van der Waals surface area contributed by atoms with Gasteiger partial charge in [0.2, 0.25) is 11.8 Å². The fourth-order valence-corrected chi connectivity index (χ4v) is 6.67. The first kappa shape index (κ1) is 31.2. The lowest BCUT2D eigenvalue weighted by Crippen LogP contribution is -2.38. The van der Waals surface area contributed by atoms with Crippen LogP contribution >= 0.6 is 0 Å². The molecule has 1 aliphatic heterocycles. The number of fused-ring (bicyclic) bond motifs is 1. The van der Waals surface area contributed by atoms with E-state index in [-0.39, 0.29) is 18.4 Å². The van der Waals surface area contributed by atoms with Gasteiger partial charge in [0.15, 0.2) is 11.6 Å². The van der Waals surface area contributed by atoms with E-state index in [4.69, 9.17) is 0 Å². The molecule has 4 atom stereocenters. The summed E-state index contributed by atoms with van der Waals surface area (Å²) < 4.78 is 13.9. The van der Waals surface area contributed by atoms with Crippen LogP contribution in [0.2, 0.25) is 0 Å². The van der Waals surface area contributed by atoms with Crippen molar-refractivity contribution in [2.24, 2.45) is 17.8 Å². The van der Waals surface area contributed by atoms with Gasteiger partial charge < -0.3 is 20.6 Å². The Morgan fingerprint density at radius 3 is 2.39 bits per heavy atom. The molecule has 4 N–H and O–H groups in total. The first-order chi connectivity index (χ1) is 21.2. The summed E-state index contributed by atoms with van der Waals surface area (Å²) in [6.45, 7) is 3.55. The summed E-state index contributed by atoms with van der Waals surface area (Å²) in [4.78, 5) is 28.6. The number of hydrogen-bond donors (Lipinski definition) is 4. The highest BCUT2D eigenvalue weighted by Crippen LogP contribution is 2.47. The van der Waals surface area contributed by atoms with Crippen molar-refractivity contribution < 1.29 is 29.3 Å². The van der Waals surface area contributed by atoms with E-state index in [1.165, 1.54) is 17.0 Å². The van der Waals surface area contributed by atoms with Crippen LogP contribution in [0.5, 0.6) is 5.75 Å². The second-order valence-corrected chi connectivity index (χ2v) is 11.7. The summed E-state index contributed by atoms with van der Waals surface area (Å²) in [6.07, 6.45) is 3.80. The van der Waals surface area contributed by atoms with E-state index in [0.717, 1.165) is 35.4 Å². The minimum Gasteiger partial charge on any atom is -0.505 e. The molecule has 0 spiro atoms. The van der Waals surface area contributed by atoms with Crippen molar-refractivity contribution in [3.8, 4) is 5.75 Å². The number of para-hydroxylation sites is 1. The minimum atomic E-state index is -0.912. The molecular weight excluding hydrogens is 559 g/mol. The molecule has 5 rings (SSSR count). The number of anilines is 3. The highest BCUT2D eigenvalue weighted by Gasteiger charge is 2.54. The number of imide groups is 1. The smallest absolute Gasteiger partial charge is 0.238 e. The van der Waals surface area contributed by atoms with Crippen LogP contribution in [0.4, 0.5) is 21.5 Å². The minimum absolute atomic E-state index is 0.288. The maximum Gasteiger partial charge on any atom is 0.238 e. The van der Waals surface area contributed by atoms with Crippen molar-refractivity contribution in [2.75, 3.05) is 16.8 Å². The molecule has 1 fully saturated rings. The van der Waals surface area contributed by atoms with E-state index in [2.05, 4.69) is 5.32 Å². The Morgan fingerprint density at radius 2 is 1.73 bits per heavy atom. The largest absolute Gasteiger partial charge is 0.505 e. The van der Waals surface area contributed by atoms with Crippen molar-refractivity contribution in [3.05, 3.63) is 101 Å². The number of rotatable bonds is 11. The Morgan fingerprint density at radius 1 is 1.02 bits per heavy atom. The van der Waals surface area contributed by atoms with Gasteiger partial charge in [-0.05, 0) is 92.3 Å². The molecule has 2 amide bonds. The summed E-state index contributed by atoms with van der Waals surface area (Å²) in [7, 11) is 0. The lowest BCUT2D eigenvalue weighted by molar-refractivity contribution is -0.123. The highest BCUT2D eigenvalue weighted by atomic mass is 19.1. The van der Waals surface area contributed by atoms with E-state index in [1.54, 1.807) is 18.2 Å². The Labute approximate surface area is 257 Å². The van der Waals surface area contributed by atoms with Crippen molar-refractivity contribution in [1.29, 1.82) is 0 Å². The number of hydrogen-bond acceptors (Lipinski definition) is 6. The van der Waals surface area contributed by atoms with Crippen molar-refractivity contribution >= 4 is 35.0 Å². The number of aliphatic hydroxyl groups is 2. The lowest BCUT2D eigenvalue weighted by Gasteiger charge is -2.35. The topological polar surface area (TPSA) is 110 Å². The summed E-state index contributed by atoms with van der Waals surface area (Å²) in [5.41, 5.74) is 5.32. The van der Waals surface area contributed by atoms with Gasteiger partial charge in [-0.2, -0.15) is 0 Å². The second kappa shape index (κ2) is 13.6. The fourth-order valence-electron chi connectivity index (χ4n) is 6.67. The van der Waals surface area contributed by atoms with E-state index in [1.807, 2.05) is 62.4 Å². The second-order valence-electron chi connectivity index (χ2n) is 11.7. The Hall–Kier alpha value is -4.27. The van der Waals surface area contributed by atoms with Gasteiger partial charge in [0.05, 0.1) is 30.2 Å². The zero-order chi connectivity index (χ0) is 31.4. The predicted molar refractivity (Wildman–Crippen MR) is 170 cm³/mol. The number of aliphatic hydroxyl groups excluding tert-OH is 2. The molecule has 0 bridgehead atoms. The molecular formula is C36H39FN2O5. The zero-order valence-corrected chi connectivity index (χ0v) is 25.0. The van der Waals surface area contributed by atoms with Gasteiger partial charge in [-0.25, -0.2) is 4.39 Å². The molecule has 1 saturated heterocycles. The standard InChI is InChI=1S/C36H39FN2O5/c1-3-7-23(19-24-11-16-31(41)30(37)20-24)10-17-32(42)33-22(2)18-28-34(29(33)21-40)36(44)39(35(28)43)27-14-12-26(13-15-27)38-25-8-5-4-6-9-25/h4-6,8-9,11-16,19-20,28-29,32,34,38,40-42H,3,7,10,17-18,21H2,1-2H3/b23-19+/t28-,29+,32-,34-/m1/s1. The van der Waals surface area contributed by atoms with Gasteiger partial charge in [0.1, 0.15) is 0 Å². The number of phenols is 1. The predicted octanol–water partition coefficient (Wildman–Crippen LogP) is 6.73. The van der Waals surface area contributed by atoms with Gasteiger partial charge >= 0.3 is 0 Å². The summed E-state index contributed by atoms with van der Waals surface area (Å²) in [5.74, 6) is -3.77. The van der Waals surface area contributed by atoms with Crippen molar-refractivity contribution in [1.82, 2.24) is 0 Å². The van der Waals surface area contributed by atoms with Crippen LogP contribution in [0, 0.1) is 23.6 Å². The Balaban J connectivity index is 1.31. The molecule has 230 valence electrons. The number of allylic oxidation sites excluding steroid dienone is 2. The van der Waals surface area contributed by atoms with E-state index < -0.39 is 35.4 Å². The number of nitrogens with one attached hydrogen (secondary N) is 1. The Bertz CT molecular complexity index is 1570. The van der Waals surface area contributed by atoms with Crippen LogP contribution in [-0.4, -0.2) is 39.8 Å². The molecule has 1 heterocycles. The van der Waals surface area contributed by atoms with Gasteiger partial charge in [-0.1, -0.05) is 54.8 Å². The Kier molecular flexibility index (Phi) is 9.61. The fraction of sp³-hybridized carbons (Fsp3) is 0.333. The average molecular weight is 599 g/mol. The van der Waals surface area contributed by atoms with E-state index in [0.29, 0.717) is 36.1 Å². The third-order valence-corrected chi connectivity index (χ3v) is 8.72. The number of carbonyl (C=O) groups is 2. The normalized spacial score (nSPS) is 21.1. The molecule has 44 heavy (non-hydrogen) atoms. The van der Waals surface area contributed by atoms with Gasteiger partial charge in [0, 0.05) is 17.3 Å². The molecule has 0 saturated carbocycles.